The molecule has 1 heterocycles. The molecule has 2 N–H and O–H groups in total. The maximum Gasteiger partial charge on any atom is 0.0898 e. The lowest BCUT2D eigenvalue weighted by Crippen LogP contribution is -2.34. The Morgan fingerprint density at radius 2 is 2.06 bits per heavy atom. The minimum atomic E-state index is -0.257. The predicted octanol–water partition coefficient (Wildman–Crippen LogP) is 2.90. The molecule has 0 amide bonds. The molecule has 0 aliphatic rings. The van der Waals surface area contributed by atoms with Crippen molar-refractivity contribution in [3.8, 4) is 0 Å². The van der Waals surface area contributed by atoms with Crippen LogP contribution in [0.4, 0.5) is 0 Å². The number of aliphatic hydroxyl groups excluding tert-OH is 1. The summed E-state index contributed by atoms with van der Waals surface area (Å²) in [6.45, 7) is 9.01. The minimum Gasteiger partial charge on any atom is -0.392 e. The monoisotopic (exact) mass is 256 g/mol. The highest BCUT2D eigenvalue weighted by atomic mass is 32.1. The van der Waals surface area contributed by atoms with E-state index in [4.69, 9.17) is 0 Å². The third-order valence-corrected chi connectivity index (χ3v) is 4.10. The van der Waals surface area contributed by atoms with Gasteiger partial charge in [0.05, 0.1) is 16.8 Å². The van der Waals surface area contributed by atoms with Gasteiger partial charge in [-0.25, -0.2) is 4.98 Å². The minimum absolute atomic E-state index is 0.212. The highest BCUT2D eigenvalue weighted by Gasteiger charge is 2.17. The number of aryl methyl sites for hydroxylation is 1. The third-order valence-electron chi connectivity index (χ3n) is 3.31. The zero-order chi connectivity index (χ0) is 12.8. The van der Waals surface area contributed by atoms with Crippen LogP contribution in [0.25, 0.3) is 0 Å². The van der Waals surface area contributed by atoms with E-state index in [0.29, 0.717) is 12.5 Å². The van der Waals surface area contributed by atoms with Crippen LogP contribution in [0, 0.1) is 12.8 Å². The van der Waals surface area contributed by atoms with Gasteiger partial charge in [-0.05, 0) is 19.8 Å². The van der Waals surface area contributed by atoms with E-state index in [2.05, 4.69) is 36.5 Å². The average molecular weight is 256 g/mol. The van der Waals surface area contributed by atoms with Crippen LogP contribution in [0.5, 0.6) is 0 Å². The summed E-state index contributed by atoms with van der Waals surface area (Å²) in [7, 11) is 0. The lowest BCUT2D eigenvalue weighted by molar-refractivity contribution is 0.0988. The van der Waals surface area contributed by atoms with Crippen LogP contribution in [0.3, 0.4) is 0 Å². The number of nitrogens with one attached hydrogen (secondary N) is 1. The molecule has 0 spiro atoms. The van der Waals surface area contributed by atoms with Crippen molar-refractivity contribution in [3.05, 3.63) is 16.1 Å². The van der Waals surface area contributed by atoms with Crippen molar-refractivity contribution in [3.63, 3.8) is 0 Å². The van der Waals surface area contributed by atoms with Crippen molar-refractivity contribution in [2.45, 2.75) is 52.7 Å². The fourth-order valence-corrected chi connectivity index (χ4v) is 2.69. The fraction of sp³-hybridized carbons (Fsp3) is 0.769. The topological polar surface area (TPSA) is 45.1 Å². The first-order valence-electron chi connectivity index (χ1n) is 6.41. The smallest absolute Gasteiger partial charge is 0.0898 e. The number of hydrogen-bond acceptors (Lipinski definition) is 4. The van der Waals surface area contributed by atoms with E-state index in [0.717, 1.165) is 23.5 Å². The predicted molar refractivity (Wildman–Crippen MR) is 73.3 cm³/mol. The van der Waals surface area contributed by atoms with Gasteiger partial charge in [-0.1, -0.05) is 26.7 Å². The molecule has 1 rings (SSSR count). The molecule has 2 unspecified atom stereocenters. The Hall–Kier alpha value is -0.450. The average Bonchev–Trinajstić information content (AvgIpc) is 2.74. The lowest BCUT2D eigenvalue weighted by atomic mass is 9.96. The maximum atomic E-state index is 10.0. The molecule has 0 aliphatic carbocycles. The quantitative estimate of drug-likeness (QED) is 0.788. The number of rotatable bonds is 7. The fourth-order valence-electron chi connectivity index (χ4n) is 1.98. The molecule has 0 fully saturated rings. The van der Waals surface area contributed by atoms with Crippen LogP contribution in [-0.2, 0) is 0 Å². The second kappa shape index (κ2) is 7.09. The Morgan fingerprint density at radius 3 is 2.53 bits per heavy atom. The van der Waals surface area contributed by atoms with E-state index < -0.39 is 0 Å². The van der Waals surface area contributed by atoms with Crippen molar-refractivity contribution in [1.29, 1.82) is 0 Å². The first-order chi connectivity index (χ1) is 8.08. The molecule has 0 aromatic carbocycles. The van der Waals surface area contributed by atoms with Crippen molar-refractivity contribution >= 4 is 11.3 Å². The Morgan fingerprint density at radius 1 is 1.41 bits per heavy atom. The summed E-state index contributed by atoms with van der Waals surface area (Å²) < 4.78 is 0. The van der Waals surface area contributed by atoms with Crippen LogP contribution in [0.1, 0.15) is 50.4 Å². The molecule has 4 heteroatoms. The molecule has 2 atom stereocenters. The molecule has 0 aliphatic heterocycles. The zero-order valence-electron chi connectivity index (χ0n) is 11.2. The summed E-state index contributed by atoms with van der Waals surface area (Å²) in [6, 6.07) is 0.212. The highest BCUT2D eigenvalue weighted by Crippen LogP contribution is 2.17. The number of nitrogens with zero attached hydrogens (tertiary/aromatic N) is 1. The Kier molecular flexibility index (Phi) is 6.09. The summed E-state index contributed by atoms with van der Waals surface area (Å²) >= 11 is 1.67. The van der Waals surface area contributed by atoms with Gasteiger partial charge in [-0.3, -0.25) is 0 Å². The normalized spacial score (nSPS) is 15.2. The van der Waals surface area contributed by atoms with Gasteiger partial charge in [0.2, 0.25) is 0 Å². The molecule has 3 nitrogen and oxygen atoms in total. The standard InChI is InChI=1S/C13H24N2OS/c1-5-11(6-2)13(16)7-14-9(3)12-8-17-10(4)15-12/h8-9,11,13-14,16H,5-7H2,1-4H3. The first kappa shape index (κ1) is 14.6. The first-order valence-corrected chi connectivity index (χ1v) is 7.29. The second-order valence-corrected chi connectivity index (χ2v) is 5.63. The van der Waals surface area contributed by atoms with Crippen LogP contribution in [0.2, 0.25) is 0 Å². The SMILES string of the molecule is CCC(CC)C(O)CNC(C)c1csc(C)n1. The molecule has 1 aromatic heterocycles. The van der Waals surface area contributed by atoms with Crippen LogP contribution in [0.15, 0.2) is 5.38 Å². The summed E-state index contributed by atoms with van der Waals surface area (Å²) in [5.41, 5.74) is 1.07. The van der Waals surface area contributed by atoms with Gasteiger partial charge in [0.25, 0.3) is 0 Å². The van der Waals surface area contributed by atoms with Crippen molar-refractivity contribution in [1.82, 2.24) is 10.3 Å². The summed E-state index contributed by atoms with van der Waals surface area (Å²) in [6.07, 6.45) is 1.81. The van der Waals surface area contributed by atoms with E-state index in [-0.39, 0.29) is 12.1 Å². The van der Waals surface area contributed by atoms with E-state index >= 15 is 0 Å². The van der Waals surface area contributed by atoms with Crippen molar-refractivity contribution in [2.75, 3.05) is 6.54 Å². The Balaban J connectivity index is 2.40. The Labute approximate surface area is 108 Å². The largest absolute Gasteiger partial charge is 0.392 e. The van der Waals surface area contributed by atoms with Gasteiger partial charge in [-0.2, -0.15) is 0 Å². The third kappa shape index (κ3) is 4.37. The number of aromatic nitrogens is 1. The van der Waals surface area contributed by atoms with E-state index in [1.165, 1.54) is 0 Å². The molecular formula is C13H24N2OS. The zero-order valence-corrected chi connectivity index (χ0v) is 12.0. The molecule has 1 aromatic rings. The summed E-state index contributed by atoms with van der Waals surface area (Å²) in [5.74, 6) is 0.395. The molecule has 0 saturated heterocycles. The van der Waals surface area contributed by atoms with Gasteiger partial charge < -0.3 is 10.4 Å². The number of thiazole rings is 1. The summed E-state index contributed by atoms with van der Waals surface area (Å²) in [5, 5.41) is 16.6. The van der Waals surface area contributed by atoms with Gasteiger partial charge in [-0.15, -0.1) is 11.3 Å². The van der Waals surface area contributed by atoms with Gasteiger partial charge in [0, 0.05) is 18.0 Å². The van der Waals surface area contributed by atoms with Crippen molar-refractivity contribution in [2.24, 2.45) is 5.92 Å². The molecule has 0 radical (unpaired) electrons. The van der Waals surface area contributed by atoms with Gasteiger partial charge in [0.15, 0.2) is 0 Å². The molecule has 98 valence electrons. The van der Waals surface area contributed by atoms with Gasteiger partial charge >= 0.3 is 0 Å². The van der Waals surface area contributed by atoms with E-state index in [9.17, 15) is 5.11 Å². The summed E-state index contributed by atoms with van der Waals surface area (Å²) in [4.78, 5) is 4.45. The molecule has 17 heavy (non-hydrogen) atoms. The number of hydrogen-bond donors (Lipinski definition) is 2. The number of aliphatic hydroxyl groups is 1. The Bertz CT molecular complexity index is 323. The van der Waals surface area contributed by atoms with Crippen LogP contribution in [-0.4, -0.2) is 22.7 Å². The van der Waals surface area contributed by atoms with E-state index in [1.807, 2.05) is 6.92 Å². The second-order valence-electron chi connectivity index (χ2n) is 4.57. The lowest BCUT2D eigenvalue weighted by Gasteiger charge is -2.22. The molecule has 0 saturated carbocycles. The highest BCUT2D eigenvalue weighted by molar-refractivity contribution is 7.09. The van der Waals surface area contributed by atoms with Crippen LogP contribution >= 0.6 is 11.3 Å². The maximum absolute atomic E-state index is 10.0. The van der Waals surface area contributed by atoms with Gasteiger partial charge in [0.1, 0.15) is 0 Å². The molecular weight excluding hydrogens is 232 g/mol. The van der Waals surface area contributed by atoms with Crippen molar-refractivity contribution < 1.29 is 5.11 Å². The van der Waals surface area contributed by atoms with E-state index in [1.54, 1.807) is 11.3 Å². The van der Waals surface area contributed by atoms with Crippen LogP contribution < -0.4 is 5.32 Å². The molecule has 0 bridgehead atoms.